The zero-order chi connectivity index (χ0) is 11.9. The van der Waals surface area contributed by atoms with Gasteiger partial charge in [-0.3, -0.25) is 4.55 Å². The summed E-state index contributed by atoms with van der Waals surface area (Å²) >= 11 is 2.58. The van der Waals surface area contributed by atoms with E-state index >= 15 is 0 Å². The van der Waals surface area contributed by atoms with Gasteiger partial charge in [0.05, 0.1) is 10.5 Å². The van der Waals surface area contributed by atoms with Crippen LogP contribution in [0.5, 0.6) is 0 Å². The minimum absolute atomic E-state index is 0. The summed E-state index contributed by atoms with van der Waals surface area (Å²) in [4.78, 5) is -0.595. The van der Waals surface area contributed by atoms with E-state index in [0.29, 0.717) is 18.2 Å². The van der Waals surface area contributed by atoms with Gasteiger partial charge in [0.2, 0.25) is 0 Å². The second-order valence-corrected chi connectivity index (χ2v) is 4.89. The van der Waals surface area contributed by atoms with Crippen molar-refractivity contribution in [3.05, 3.63) is 28.2 Å². The molecule has 0 unspecified atom stereocenters. The molecule has 0 aliphatic carbocycles. The first-order valence-corrected chi connectivity index (χ1v) is 5.70. The van der Waals surface area contributed by atoms with Crippen LogP contribution in [0.3, 0.4) is 0 Å². The number of halogens is 4. The molecule has 0 aliphatic rings. The fourth-order valence-corrected chi connectivity index (χ4v) is 2.15. The van der Waals surface area contributed by atoms with E-state index in [0.717, 1.165) is 0 Å². The standard InChI is InChI=1S/C7H4BrF3O3S.Na.H/c8-6-3-4(15(12,13)14)1-2-5(6)7(9,10)11;;/h1-3H,(H,12,13,14);;. The van der Waals surface area contributed by atoms with Crippen molar-refractivity contribution in [2.24, 2.45) is 0 Å². The predicted octanol–water partition coefficient (Wildman–Crippen LogP) is 2.07. The Morgan fingerprint density at radius 1 is 1.25 bits per heavy atom. The monoisotopic (exact) mass is 328 g/mol. The molecule has 0 aromatic heterocycles. The van der Waals surface area contributed by atoms with Crippen LogP contribution in [0.4, 0.5) is 13.2 Å². The minimum atomic E-state index is -4.57. The average Bonchev–Trinajstić information content (AvgIpc) is 1.99. The number of rotatable bonds is 1. The normalized spacial score (nSPS) is 12.1. The van der Waals surface area contributed by atoms with Gasteiger partial charge in [-0.15, -0.1) is 0 Å². The van der Waals surface area contributed by atoms with Gasteiger partial charge in [-0.05, 0) is 18.2 Å². The van der Waals surface area contributed by atoms with E-state index in [1.165, 1.54) is 0 Å². The van der Waals surface area contributed by atoms with Crippen molar-refractivity contribution in [3.63, 3.8) is 0 Å². The van der Waals surface area contributed by atoms with Gasteiger partial charge in [-0.2, -0.15) is 21.6 Å². The summed E-state index contributed by atoms with van der Waals surface area (Å²) in [5.41, 5.74) is -1.00. The molecule has 0 spiro atoms. The van der Waals surface area contributed by atoms with Crippen molar-refractivity contribution >= 4 is 55.6 Å². The molecule has 0 fully saturated rings. The van der Waals surface area contributed by atoms with E-state index in [9.17, 15) is 21.6 Å². The number of benzene rings is 1. The SMILES string of the molecule is O=S(=O)(O)c1ccc(C(F)(F)F)c(Br)c1.[NaH]. The summed E-state index contributed by atoms with van der Waals surface area (Å²) in [6.07, 6.45) is -4.57. The number of hydrogen-bond acceptors (Lipinski definition) is 2. The molecular weight excluding hydrogens is 324 g/mol. The Bertz CT molecular complexity index is 486. The van der Waals surface area contributed by atoms with Crippen LogP contribution in [0.15, 0.2) is 27.6 Å². The zero-order valence-electron chi connectivity index (χ0n) is 6.92. The summed E-state index contributed by atoms with van der Waals surface area (Å²) < 4.78 is 66.0. The first-order valence-electron chi connectivity index (χ1n) is 3.46. The van der Waals surface area contributed by atoms with Gasteiger partial charge >= 0.3 is 35.7 Å². The van der Waals surface area contributed by atoms with Gasteiger partial charge in [-0.1, -0.05) is 15.9 Å². The van der Waals surface area contributed by atoms with Gasteiger partial charge in [0.25, 0.3) is 10.1 Å². The molecular formula is C7H5BrF3NaO3S. The van der Waals surface area contributed by atoms with Crippen molar-refractivity contribution in [2.45, 2.75) is 11.1 Å². The van der Waals surface area contributed by atoms with E-state index in [1.54, 1.807) is 0 Å². The van der Waals surface area contributed by atoms with Crippen molar-refractivity contribution < 1.29 is 26.1 Å². The third-order valence-electron chi connectivity index (χ3n) is 1.54. The molecule has 0 saturated heterocycles. The van der Waals surface area contributed by atoms with Crippen LogP contribution in [0.1, 0.15) is 5.56 Å². The molecule has 0 bridgehead atoms. The van der Waals surface area contributed by atoms with Gasteiger partial charge in [-0.25, -0.2) is 0 Å². The van der Waals surface area contributed by atoms with Crippen molar-refractivity contribution in [1.82, 2.24) is 0 Å². The third kappa shape index (κ3) is 4.01. The van der Waals surface area contributed by atoms with Crippen molar-refractivity contribution in [2.75, 3.05) is 0 Å². The van der Waals surface area contributed by atoms with Gasteiger partial charge in [0.1, 0.15) is 0 Å². The molecule has 1 N–H and O–H groups in total. The van der Waals surface area contributed by atoms with Crippen LogP contribution >= 0.6 is 15.9 Å². The average molecular weight is 329 g/mol. The maximum atomic E-state index is 12.2. The molecule has 86 valence electrons. The van der Waals surface area contributed by atoms with Crippen LogP contribution in [0, 0.1) is 0 Å². The van der Waals surface area contributed by atoms with Crippen LogP contribution in [-0.4, -0.2) is 42.5 Å². The van der Waals surface area contributed by atoms with Crippen LogP contribution in [0.25, 0.3) is 0 Å². The topological polar surface area (TPSA) is 54.4 Å². The summed E-state index contributed by atoms with van der Waals surface area (Å²) in [6.45, 7) is 0. The quantitative estimate of drug-likeness (QED) is 0.634. The predicted molar refractivity (Wildman–Crippen MR) is 56.1 cm³/mol. The second-order valence-electron chi connectivity index (χ2n) is 2.61. The zero-order valence-corrected chi connectivity index (χ0v) is 9.32. The Kier molecular flexibility index (Phi) is 5.50. The summed E-state index contributed by atoms with van der Waals surface area (Å²) in [5.74, 6) is 0. The molecule has 0 radical (unpaired) electrons. The van der Waals surface area contributed by atoms with E-state index in [-0.39, 0.29) is 29.6 Å². The Labute approximate surface area is 120 Å². The Morgan fingerprint density at radius 3 is 2.06 bits per heavy atom. The summed E-state index contributed by atoms with van der Waals surface area (Å²) in [7, 11) is -4.48. The Balaban J connectivity index is 0.00000225. The Hall–Kier alpha value is 0.400. The maximum absolute atomic E-state index is 12.2. The molecule has 1 aromatic carbocycles. The summed E-state index contributed by atoms with van der Waals surface area (Å²) in [5, 5.41) is 0. The number of hydrogen-bond donors (Lipinski definition) is 1. The molecule has 1 aromatic rings. The van der Waals surface area contributed by atoms with Crippen LogP contribution in [0.2, 0.25) is 0 Å². The van der Waals surface area contributed by atoms with Crippen LogP contribution in [-0.2, 0) is 16.3 Å². The molecule has 0 heterocycles. The number of alkyl halides is 3. The first kappa shape index (κ1) is 16.4. The van der Waals surface area contributed by atoms with Gasteiger partial charge in [0.15, 0.2) is 0 Å². The van der Waals surface area contributed by atoms with E-state index in [1.807, 2.05) is 0 Å². The van der Waals surface area contributed by atoms with Gasteiger partial charge < -0.3 is 0 Å². The van der Waals surface area contributed by atoms with E-state index in [4.69, 9.17) is 4.55 Å². The van der Waals surface area contributed by atoms with Crippen molar-refractivity contribution in [3.8, 4) is 0 Å². The summed E-state index contributed by atoms with van der Waals surface area (Å²) in [6, 6.07) is 1.95. The molecule has 0 aliphatic heterocycles. The second kappa shape index (κ2) is 5.36. The molecule has 0 saturated carbocycles. The van der Waals surface area contributed by atoms with E-state index in [2.05, 4.69) is 15.9 Å². The Morgan fingerprint density at radius 2 is 1.75 bits per heavy atom. The van der Waals surface area contributed by atoms with Gasteiger partial charge in [0, 0.05) is 4.47 Å². The van der Waals surface area contributed by atoms with Crippen LogP contribution < -0.4 is 0 Å². The molecule has 9 heteroatoms. The molecule has 16 heavy (non-hydrogen) atoms. The fraction of sp³-hybridized carbons (Fsp3) is 0.143. The fourth-order valence-electron chi connectivity index (χ4n) is 0.886. The van der Waals surface area contributed by atoms with E-state index < -0.39 is 31.2 Å². The third-order valence-corrected chi connectivity index (χ3v) is 3.05. The van der Waals surface area contributed by atoms with Crippen molar-refractivity contribution in [1.29, 1.82) is 0 Å². The molecule has 3 nitrogen and oxygen atoms in total. The molecule has 0 atom stereocenters. The molecule has 0 amide bonds. The first-order chi connectivity index (χ1) is 6.62. The molecule has 1 rings (SSSR count).